The number of nitrogens with one attached hydrogen (secondary N) is 1. The summed E-state index contributed by atoms with van der Waals surface area (Å²) in [5.41, 5.74) is 0. The fourth-order valence-corrected chi connectivity index (χ4v) is 1.71. The standard InChI is InChI=1S/C8H17N.C2H6/c1-6-4-8(5-9-3)7(6)2;1-2/h6-9H,4-5H2,1-3H3;1-2H3. The highest BCUT2D eigenvalue weighted by molar-refractivity contribution is 4.84. The van der Waals surface area contributed by atoms with Gasteiger partial charge in [0, 0.05) is 0 Å². The molecule has 1 nitrogen and oxygen atoms in total. The molecule has 1 saturated carbocycles. The van der Waals surface area contributed by atoms with Gasteiger partial charge in [0.05, 0.1) is 0 Å². The molecule has 3 atom stereocenters. The van der Waals surface area contributed by atoms with Crippen LogP contribution >= 0.6 is 0 Å². The van der Waals surface area contributed by atoms with E-state index >= 15 is 0 Å². The maximum atomic E-state index is 3.22. The molecule has 0 aromatic heterocycles. The van der Waals surface area contributed by atoms with Gasteiger partial charge in [-0.05, 0) is 37.8 Å². The summed E-state index contributed by atoms with van der Waals surface area (Å²) in [4.78, 5) is 0. The Hall–Kier alpha value is -0.0400. The maximum Gasteiger partial charge on any atom is -0.00208 e. The Kier molecular flexibility index (Phi) is 5.57. The first-order chi connectivity index (χ1) is 5.25. The monoisotopic (exact) mass is 157 g/mol. The van der Waals surface area contributed by atoms with Crippen molar-refractivity contribution in [3.05, 3.63) is 0 Å². The van der Waals surface area contributed by atoms with Crippen LogP contribution in [0, 0.1) is 17.8 Å². The predicted octanol–water partition coefficient (Wildman–Crippen LogP) is 2.52. The lowest BCUT2D eigenvalue weighted by molar-refractivity contribution is 0.104. The first kappa shape index (κ1) is 11.0. The fourth-order valence-electron chi connectivity index (χ4n) is 1.71. The molecule has 0 heterocycles. The van der Waals surface area contributed by atoms with E-state index in [4.69, 9.17) is 0 Å². The van der Waals surface area contributed by atoms with Crippen molar-refractivity contribution in [2.75, 3.05) is 13.6 Å². The lowest BCUT2D eigenvalue weighted by Gasteiger charge is -2.40. The number of hydrogen-bond donors (Lipinski definition) is 1. The molecule has 1 rings (SSSR count). The molecular formula is C10H23N. The average molecular weight is 157 g/mol. The third kappa shape index (κ3) is 2.82. The second-order valence-electron chi connectivity index (χ2n) is 3.39. The molecular weight excluding hydrogens is 134 g/mol. The Balaban J connectivity index is 0.000000461. The van der Waals surface area contributed by atoms with Crippen LogP contribution in [0.2, 0.25) is 0 Å². The summed E-state index contributed by atoms with van der Waals surface area (Å²) in [7, 11) is 2.04. The van der Waals surface area contributed by atoms with Crippen LogP contribution in [-0.4, -0.2) is 13.6 Å². The van der Waals surface area contributed by atoms with Crippen molar-refractivity contribution in [1.82, 2.24) is 5.32 Å². The van der Waals surface area contributed by atoms with Gasteiger partial charge in [0.2, 0.25) is 0 Å². The van der Waals surface area contributed by atoms with E-state index in [1.54, 1.807) is 0 Å². The van der Waals surface area contributed by atoms with Crippen LogP contribution in [0.5, 0.6) is 0 Å². The van der Waals surface area contributed by atoms with Gasteiger partial charge < -0.3 is 5.32 Å². The molecule has 0 saturated heterocycles. The number of rotatable bonds is 2. The second-order valence-corrected chi connectivity index (χ2v) is 3.39. The normalized spacial score (nSPS) is 35.2. The topological polar surface area (TPSA) is 12.0 Å². The molecule has 0 aromatic rings. The first-order valence-corrected chi connectivity index (χ1v) is 4.90. The van der Waals surface area contributed by atoms with Crippen LogP contribution in [0.4, 0.5) is 0 Å². The Morgan fingerprint density at radius 1 is 1.27 bits per heavy atom. The van der Waals surface area contributed by atoms with Crippen molar-refractivity contribution in [3.63, 3.8) is 0 Å². The molecule has 0 amide bonds. The van der Waals surface area contributed by atoms with Crippen LogP contribution in [0.15, 0.2) is 0 Å². The number of hydrogen-bond acceptors (Lipinski definition) is 1. The molecule has 0 bridgehead atoms. The van der Waals surface area contributed by atoms with Crippen molar-refractivity contribution in [1.29, 1.82) is 0 Å². The minimum Gasteiger partial charge on any atom is -0.319 e. The lowest BCUT2D eigenvalue weighted by Crippen LogP contribution is -2.38. The Bertz CT molecular complexity index is 88.9. The van der Waals surface area contributed by atoms with Gasteiger partial charge in [0.15, 0.2) is 0 Å². The molecule has 0 spiro atoms. The molecule has 0 aliphatic heterocycles. The van der Waals surface area contributed by atoms with Crippen molar-refractivity contribution < 1.29 is 0 Å². The third-order valence-electron chi connectivity index (χ3n) is 2.78. The average Bonchev–Trinajstić information content (AvgIpc) is 2.08. The van der Waals surface area contributed by atoms with Gasteiger partial charge in [-0.15, -0.1) is 0 Å². The SMILES string of the molecule is CC.CNCC1CC(C)C1C. The van der Waals surface area contributed by atoms with Crippen molar-refractivity contribution in [2.45, 2.75) is 34.1 Å². The fraction of sp³-hybridized carbons (Fsp3) is 1.00. The minimum atomic E-state index is 0.956. The summed E-state index contributed by atoms with van der Waals surface area (Å²) in [5, 5.41) is 3.22. The van der Waals surface area contributed by atoms with Gasteiger partial charge in [-0.25, -0.2) is 0 Å². The van der Waals surface area contributed by atoms with Crippen molar-refractivity contribution in [3.8, 4) is 0 Å². The molecule has 3 unspecified atom stereocenters. The van der Waals surface area contributed by atoms with Gasteiger partial charge in [-0.3, -0.25) is 0 Å². The smallest absolute Gasteiger partial charge is 0.00208 e. The van der Waals surface area contributed by atoms with E-state index in [1.807, 2.05) is 20.9 Å². The van der Waals surface area contributed by atoms with E-state index in [0.717, 1.165) is 17.8 Å². The summed E-state index contributed by atoms with van der Waals surface area (Å²) < 4.78 is 0. The van der Waals surface area contributed by atoms with E-state index < -0.39 is 0 Å². The van der Waals surface area contributed by atoms with Gasteiger partial charge in [-0.2, -0.15) is 0 Å². The highest BCUT2D eigenvalue weighted by Gasteiger charge is 2.33. The van der Waals surface area contributed by atoms with Crippen LogP contribution in [0.25, 0.3) is 0 Å². The first-order valence-electron chi connectivity index (χ1n) is 4.90. The van der Waals surface area contributed by atoms with E-state index in [1.165, 1.54) is 13.0 Å². The van der Waals surface area contributed by atoms with Gasteiger partial charge in [0.25, 0.3) is 0 Å². The highest BCUT2D eigenvalue weighted by atomic mass is 14.8. The van der Waals surface area contributed by atoms with Crippen LogP contribution in [0.1, 0.15) is 34.1 Å². The molecule has 1 fully saturated rings. The van der Waals surface area contributed by atoms with E-state index in [-0.39, 0.29) is 0 Å². The largest absolute Gasteiger partial charge is 0.319 e. The zero-order valence-corrected chi connectivity index (χ0v) is 8.65. The molecule has 1 N–H and O–H groups in total. The summed E-state index contributed by atoms with van der Waals surface area (Å²) in [6.45, 7) is 9.92. The Morgan fingerprint density at radius 3 is 2.09 bits per heavy atom. The lowest BCUT2D eigenvalue weighted by atomic mass is 9.67. The van der Waals surface area contributed by atoms with E-state index in [0.29, 0.717) is 0 Å². The van der Waals surface area contributed by atoms with Gasteiger partial charge in [0.1, 0.15) is 0 Å². The Labute approximate surface area is 71.6 Å². The molecule has 1 aliphatic rings. The van der Waals surface area contributed by atoms with Gasteiger partial charge in [-0.1, -0.05) is 27.7 Å². The second kappa shape index (κ2) is 5.59. The molecule has 0 radical (unpaired) electrons. The van der Waals surface area contributed by atoms with Crippen molar-refractivity contribution in [2.24, 2.45) is 17.8 Å². The maximum absolute atomic E-state index is 3.22. The van der Waals surface area contributed by atoms with E-state index in [2.05, 4.69) is 19.2 Å². The Morgan fingerprint density at radius 2 is 1.82 bits per heavy atom. The minimum absolute atomic E-state index is 0.956. The van der Waals surface area contributed by atoms with E-state index in [9.17, 15) is 0 Å². The third-order valence-corrected chi connectivity index (χ3v) is 2.78. The summed E-state index contributed by atoms with van der Waals surface area (Å²) in [6, 6.07) is 0. The summed E-state index contributed by atoms with van der Waals surface area (Å²) >= 11 is 0. The van der Waals surface area contributed by atoms with Crippen LogP contribution in [-0.2, 0) is 0 Å². The molecule has 11 heavy (non-hydrogen) atoms. The molecule has 68 valence electrons. The predicted molar refractivity (Wildman–Crippen MR) is 51.7 cm³/mol. The quantitative estimate of drug-likeness (QED) is 0.649. The highest BCUT2D eigenvalue weighted by Crippen LogP contribution is 2.38. The van der Waals surface area contributed by atoms with Gasteiger partial charge >= 0.3 is 0 Å². The summed E-state index contributed by atoms with van der Waals surface area (Å²) in [5.74, 6) is 2.89. The summed E-state index contributed by atoms with van der Waals surface area (Å²) in [6.07, 6.45) is 1.43. The van der Waals surface area contributed by atoms with Crippen LogP contribution in [0.3, 0.4) is 0 Å². The zero-order chi connectivity index (χ0) is 8.85. The molecule has 0 aromatic carbocycles. The van der Waals surface area contributed by atoms with Crippen molar-refractivity contribution >= 4 is 0 Å². The van der Waals surface area contributed by atoms with Crippen LogP contribution < -0.4 is 5.32 Å². The zero-order valence-electron chi connectivity index (χ0n) is 8.65. The molecule has 1 aliphatic carbocycles. The molecule has 1 heteroatoms.